The van der Waals surface area contributed by atoms with E-state index in [0.29, 0.717) is 6.42 Å². The highest BCUT2D eigenvalue weighted by Crippen LogP contribution is 2.10. The van der Waals surface area contributed by atoms with Crippen molar-refractivity contribution >= 4 is 5.91 Å². The summed E-state index contributed by atoms with van der Waals surface area (Å²) >= 11 is 0. The standard InChI is InChI=1S/C16H16F2N2O/c17-12-6-7-15(18)14(9-12)16(21)20-13(10-19)8-11-4-2-1-3-5-11/h1-7,9,13H,8,10,19H2,(H,20,21). The van der Waals surface area contributed by atoms with E-state index in [1.807, 2.05) is 30.3 Å². The van der Waals surface area contributed by atoms with Crippen LogP contribution in [0.3, 0.4) is 0 Å². The van der Waals surface area contributed by atoms with Gasteiger partial charge in [-0.1, -0.05) is 30.3 Å². The summed E-state index contributed by atoms with van der Waals surface area (Å²) in [6.45, 7) is 0.206. The molecule has 0 fully saturated rings. The van der Waals surface area contributed by atoms with Crippen molar-refractivity contribution in [1.29, 1.82) is 0 Å². The molecule has 3 nitrogen and oxygen atoms in total. The lowest BCUT2D eigenvalue weighted by Gasteiger charge is -2.17. The molecule has 0 bridgehead atoms. The Kier molecular flexibility index (Phi) is 5.00. The molecule has 0 aliphatic carbocycles. The fourth-order valence-corrected chi connectivity index (χ4v) is 2.03. The number of carbonyl (C=O) groups is 1. The zero-order valence-electron chi connectivity index (χ0n) is 11.4. The molecule has 1 unspecified atom stereocenters. The van der Waals surface area contributed by atoms with Crippen LogP contribution in [0.4, 0.5) is 8.78 Å². The summed E-state index contributed by atoms with van der Waals surface area (Å²) in [4.78, 5) is 12.0. The SMILES string of the molecule is NCC(Cc1ccccc1)NC(=O)c1cc(F)ccc1F. The number of rotatable bonds is 5. The molecule has 2 aromatic rings. The number of hydrogen-bond donors (Lipinski definition) is 2. The van der Waals surface area contributed by atoms with Crippen LogP contribution in [-0.2, 0) is 6.42 Å². The molecule has 0 saturated heterocycles. The van der Waals surface area contributed by atoms with Gasteiger partial charge in [-0.2, -0.15) is 0 Å². The first kappa shape index (κ1) is 15.1. The average Bonchev–Trinajstić information content (AvgIpc) is 2.50. The van der Waals surface area contributed by atoms with Gasteiger partial charge in [0.2, 0.25) is 0 Å². The van der Waals surface area contributed by atoms with Gasteiger partial charge in [0.1, 0.15) is 11.6 Å². The number of nitrogens with one attached hydrogen (secondary N) is 1. The molecule has 1 amide bonds. The van der Waals surface area contributed by atoms with Gasteiger partial charge in [0.15, 0.2) is 0 Å². The number of benzene rings is 2. The third kappa shape index (κ3) is 4.10. The van der Waals surface area contributed by atoms with Crippen molar-refractivity contribution in [1.82, 2.24) is 5.32 Å². The Labute approximate surface area is 121 Å². The van der Waals surface area contributed by atoms with Gasteiger partial charge >= 0.3 is 0 Å². The van der Waals surface area contributed by atoms with Gasteiger partial charge in [-0.3, -0.25) is 4.79 Å². The molecule has 0 spiro atoms. The summed E-state index contributed by atoms with van der Waals surface area (Å²) in [5.41, 5.74) is 6.32. The molecule has 5 heteroatoms. The minimum absolute atomic E-state index is 0.206. The quantitative estimate of drug-likeness (QED) is 0.887. The second-order valence-electron chi connectivity index (χ2n) is 4.72. The van der Waals surface area contributed by atoms with Crippen molar-refractivity contribution < 1.29 is 13.6 Å². The van der Waals surface area contributed by atoms with E-state index in [1.54, 1.807) is 0 Å². The van der Waals surface area contributed by atoms with Gasteiger partial charge in [0.25, 0.3) is 5.91 Å². The molecule has 110 valence electrons. The molecule has 2 rings (SSSR count). The normalized spacial score (nSPS) is 12.0. The Morgan fingerprint density at radius 2 is 1.86 bits per heavy atom. The third-order valence-electron chi connectivity index (χ3n) is 3.12. The fraction of sp³-hybridized carbons (Fsp3) is 0.188. The van der Waals surface area contributed by atoms with Gasteiger partial charge < -0.3 is 11.1 Å². The molecular formula is C16H16F2N2O. The molecule has 2 aromatic carbocycles. The lowest BCUT2D eigenvalue weighted by molar-refractivity contribution is 0.0933. The first-order valence-corrected chi connectivity index (χ1v) is 6.60. The van der Waals surface area contributed by atoms with E-state index >= 15 is 0 Å². The van der Waals surface area contributed by atoms with E-state index in [2.05, 4.69) is 5.32 Å². The van der Waals surface area contributed by atoms with Gasteiger partial charge in [-0.25, -0.2) is 8.78 Å². The summed E-state index contributed by atoms with van der Waals surface area (Å²) in [6.07, 6.45) is 0.528. The summed E-state index contributed by atoms with van der Waals surface area (Å²) < 4.78 is 26.6. The average molecular weight is 290 g/mol. The van der Waals surface area contributed by atoms with Crippen LogP contribution in [0.25, 0.3) is 0 Å². The molecule has 3 N–H and O–H groups in total. The fourth-order valence-electron chi connectivity index (χ4n) is 2.03. The monoisotopic (exact) mass is 290 g/mol. The third-order valence-corrected chi connectivity index (χ3v) is 3.12. The van der Waals surface area contributed by atoms with Crippen molar-refractivity contribution in [3.05, 3.63) is 71.3 Å². The zero-order chi connectivity index (χ0) is 15.2. The highest BCUT2D eigenvalue weighted by molar-refractivity contribution is 5.94. The van der Waals surface area contributed by atoms with Gasteiger partial charge in [0, 0.05) is 12.6 Å². The van der Waals surface area contributed by atoms with E-state index in [1.165, 1.54) is 0 Å². The van der Waals surface area contributed by atoms with Crippen LogP contribution < -0.4 is 11.1 Å². The Morgan fingerprint density at radius 1 is 1.14 bits per heavy atom. The summed E-state index contributed by atoms with van der Waals surface area (Å²) in [7, 11) is 0. The van der Waals surface area contributed by atoms with E-state index in [9.17, 15) is 13.6 Å². The Bertz CT molecular complexity index is 617. The topological polar surface area (TPSA) is 55.1 Å². The van der Waals surface area contributed by atoms with Crippen LogP contribution in [0.1, 0.15) is 15.9 Å². The Morgan fingerprint density at radius 3 is 2.52 bits per heavy atom. The predicted molar refractivity (Wildman–Crippen MR) is 76.8 cm³/mol. The maximum Gasteiger partial charge on any atom is 0.254 e. The van der Waals surface area contributed by atoms with Crippen molar-refractivity contribution in [3.63, 3.8) is 0 Å². The van der Waals surface area contributed by atoms with Crippen LogP contribution in [0.5, 0.6) is 0 Å². The first-order chi connectivity index (χ1) is 10.1. The molecule has 0 aliphatic rings. The van der Waals surface area contributed by atoms with Crippen molar-refractivity contribution in [3.8, 4) is 0 Å². The lowest BCUT2D eigenvalue weighted by Crippen LogP contribution is -2.42. The molecule has 0 aliphatic heterocycles. The van der Waals surface area contributed by atoms with E-state index in [4.69, 9.17) is 5.73 Å². The number of hydrogen-bond acceptors (Lipinski definition) is 2. The minimum Gasteiger partial charge on any atom is -0.348 e. The maximum atomic E-state index is 13.5. The van der Waals surface area contributed by atoms with Crippen LogP contribution in [-0.4, -0.2) is 18.5 Å². The van der Waals surface area contributed by atoms with E-state index in [-0.39, 0.29) is 18.2 Å². The van der Waals surface area contributed by atoms with Crippen molar-refractivity contribution in [2.24, 2.45) is 5.73 Å². The van der Waals surface area contributed by atoms with Gasteiger partial charge in [-0.15, -0.1) is 0 Å². The molecular weight excluding hydrogens is 274 g/mol. The van der Waals surface area contributed by atoms with Crippen LogP contribution in [0.15, 0.2) is 48.5 Å². The summed E-state index contributed by atoms with van der Waals surface area (Å²) in [6, 6.07) is 11.9. The largest absolute Gasteiger partial charge is 0.348 e. The van der Waals surface area contributed by atoms with Crippen molar-refractivity contribution in [2.45, 2.75) is 12.5 Å². The Balaban J connectivity index is 2.07. The molecule has 21 heavy (non-hydrogen) atoms. The summed E-state index contributed by atoms with van der Waals surface area (Å²) in [5.74, 6) is -2.09. The zero-order valence-corrected chi connectivity index (χ0v) is 11.4. The minimum atomic E-state index is -0.760. The van der Waals surface area contributed by atoms with Gasteiger partial charge in [-0.05, 0) is 30.2 Å². The highest BCUT2D eigenvalue weighted by Gasteiger charge is 2.17. The number of carbonyl (C=O) groups excluding carboxylic acids is 1. The van der Waals surface area contributed by atoms with Gasteiger partial charge in [0.05, 0.1) is 5.56 Å². The van der Waals surface area contributed by atoms with Crippen molar-refractivity contribution in [2.75, 3.05) is 6.54 Å². The number of halogens is 2. The van der Waals surface area contributed by atoms with Crippen LogP contribution in [0, 0.1) is 11.6 Å². The maximum absolute atomic E-state index is 13.5. The Hall–Kier alpha value is -2.27. The molecule has 0 radical (unpaired) electrons. The molecule has 0 saturated carbocycles. The van der Waals surface area contributed by atoms with Crippen LogP contribution >= 0.6 is 0 Å². The summed E-state index contributed by atoms with van der Waals surface area (Å²) in [5, 5.41) is 2.63. The second kappa shape index (κ2) is 6.95. The lowest BCUT2D eigenvalue weighted by atomic mass is 10.1. The molecule has 0 aromatic heterocycles. The van der Waals surface area contributed by atoms with E-state index in [0.717, 1.165) is 23.8 Å². The predicted octanol–water partition coefficient (Wildman–Crippen LogP) is 2.26. The smallest absolute Gasteiger partial charge is 0.254 e. The second-order valence-corrected chi connectivity index (χ2v) is 4.72. The van der Waals surface area contributed by atoms with E-state index < -0.39 is 17.5 Å². The molecule has 0 heterocycles. The van der Waals surface area contributed by atoms with Crippen LogP contribution in [0.2, 0.25) is 0 Å². The first-order valence-electron chi connectivity index (χ1n) is 6.60. The highest BCUT2D eigenvalue weighted by atomic mass is 19.1. The number of amides is 1. The number of nitrogens with two attached hydrogens (primary N) is 1. The molecule has 1 atom stereocenters.